The van der Waals surface area contributed by atoms with Crippen molar-refractivity contribution in [3.8, 4) is 0 Å². The highest BCUT2D eigenvalue weighted by Gasteiger charge is 2.22. The highest BCUT2D eigenvalue weighted by atomic mass is 19.1. The fourth-order valence-electron chi connectivity index (χ4n) is 3.16. The molecule has 3 rings (SSSR count). The summed E-state index contributed by atoms with van der Waals surface area (Å²) in [7, 11) is 0. The Kier molecular flexibility index (Phi) is 13.5. The number of carbonyl (C=O) groups is 3. The van der Waals surface area contributed by atoms with Crippen LogP contribution in [0.1, 0.15) is 104 Å². The average Bonchev–Trinajstić information content (AvgIpc) is 2.93. The first-order chi connectivity index (χ1) is 19.8. The van der Waals surface area contributed by atoms with Crippen LogP contribution in [0.2, 0.25) is 0 Å². The van der Waals surface area contributed by atoms with Crippen LogP contribution >= 0.6 is 0 Å². The third-order valence-electron chi connectivity index (χ3n) is 5.55. The molecule has 0 amide bonds. The molecule has 0 spiro atoms. The quantitative estimate of drug-likeness (QED) is 0.297. The van der Waals surface area contributed by atoms with Gasteiger partial charge in [0.1, 0.15) is 28.4 Å². The second-order valence-corrected chi connectivity index (χ2v) is 10.5. The van der Waals surface area contributed by atoms with Crippen LogP contribution < -0.4 is 0 Å². The first kappa shape index (κ1) is 36.7. The van der Waals surface area contributed by atoms with Crippen molar-refractivity contribution in [3.63, 3.8) is 0 Å². The molecule has 3 aromatic heterocycles. The number of hydrogen-bond acceptors (Lipinski definition) is 9. The number of halogens is 2. The summed E-state index contributed by atoms with van der Waals surface area (Å²) >= 11 is 0. The van der Waals surface area contributed by atoms with Crippen molar-refractivity contribution in [1.29, 1.82) is 0 Å². The number of alkyl halides is 2. The number of carbonyl (C=O) groups excluding carboxylic acids is 2. The number of aromatic nitrogens is 3. The van der Waals surface area contributed by atoms with Gasteiger partial charge < -0.3 is 19.7 Å². The molecule has 234 valence electrons. The van der Waals surface area contributed by atoms with Crippen molar-refractivity contribution in [1.82, 2.24) is 15.0 Å². The maximum absolute atomic E-state index is 13.6. The van der Waals surface area contributed by atoms with Crippen LogP contribution in [0.4, 0.5) is 8.78 Å². The van der Waals surface area contributed by atoms with Crippen LogP contribution in [-0.2, 0) is 26.4 Å². The lowest BCUT2D eigenvalue weighted by atomic mass is 9.99. The van der Waals surface area contributed by atoms with Crippen LogP contribution in [0.3, 0.4) is 0 Å². The standard InChI is InChI=1S/C11H14FNO2.C11H15NO3.C9H10FNO2/c1-4-15-10(14)9-7-8(5-6-13-9)11(2,3)12;1-4-15-10(13)9-7-8(5-6-12-9)11(2,3)14;1-9(2,10)6-3-4-11-7(5-6)8(12)13/h5-7H,4H2,1-3H3;5-7,14H,4H2,1-3H3;3-5H,1-2H3,(H,12,13). The molecule has 0 aromatic carbocycles. The van der Waals surface area contributed by atoms with Gasteiger partial charge in [0.25, 0.3) is 0 Å². The van der Waals surface area contributed by atoms with E-state index in [0.29, 0.717) is 23.3 Å². The van der Waals surface area contributed by atoms with Gasteiger partial charge in [-0.15, -0.1) is 0 Å². The highest BCUT2D eigenvalue weighted by Crippen LogP contribution is 2.25. The molecule has 0 fully saturated rings. The first-order valence-electron chi connectivity index (χ1n) is 13.4. The molecule has 3 heterocycles. The third-order valence-corrected chi connectivity index (χ3v) is 5.55. The summed E-state index contributed by atoms with van der Waals surface area (Å²) < 4.78 is 36.5. The fraction of sp³-hybridized carbons (Fsp3) is 0.419. The van der Waals surface area contributed by atoms with E-state index in [0.717, 1.165) is 0 Å². The van der Waals surface area contributed by atoms with Crippen molar-refractivity contribution in [2.75, 3.05) is 13.2 Å². The van der Waals surface area contributed by atoms with Crippen molar-refractivity contribution >= 4 is 17.9 Å². The summed E-state index contributed by atoms with van der Waals surface area (Å²) in [6, 6.07) is 8.87. The highest BCUT2D eigenvalue weighted by molar-refractivity contribution is 5.88. The molecule has 0 aliphatic rings. The number of rotatable bonds is 8. The number of hydrogen-bond donors (Lipinski definition) is 2. The molecule has 43 heavy (non-hydrogen) atoms. The van der Waals surface area contributed by atoms with Gasteiger partial charge in [-0.2, -0.15) is 0 Å². The molecule has 12 heteroatoms. The number of pyridine rings is 3. The van der Waals surface area contributed by atoms with Gasteiger partial charge in [-0.25, -0.2) is 38.1 Å². The zero-order valence-electron chi connectivity index (χ0n) is 25.6. The maximum Gasteiger partial charge on any atom is 0.356 e. The van der Waals surface area contributed by atoms with Gasteiger partial charge in [0, 0.05) is 18.6 Å². The minimum atomic E-state index is -1.53. The Morgan fingerprint density at radius 3 is 1.33 bits per heavy atom. The maximum atomic E-state index is 13.6. The number of aliphatic hydroxyl groups is 1. The SMILES string of the molecule is CC(C)(F)c1ccnc(C(=O)O)c1.CCOC(=O)c1cc(C(C)(C)F)ccn1.CCOC(=O)c1cc(C(C)(C)O)ccn1. The Labute approximate surface area is 250 Å². The topological polar surface area (TPSA) is 149 Å². The lowest BCUT2D eigenvalue weighted by molar-refractivity contribution is 0.0508. The van der Waals surface area contributed by atoms with Crippen molar-refractivity contribution < 1.29 is 42.9 Å². The van der Waals surface area contributed by atoms with Gasteiger partial charge in [0.2, 0.25) is 0 Å². The number of ether oxygens (including phenoxy) is 2. The summed E-state index contributed by atoms with van der Waals surface area (Å²) in [5.74, 6) is -2.14. The first-order valence-corrected chi connectivity index (χ1v) is 13.4. The molecule has 10 nitrogen and oxygen atoms in total. The predicted octanol–water partition coefficient (Wildman–Crippen LogP) is 5.93. The van der Waals surface area contributed by atoms with E-state index in [9.17, 15) is 28.3 Å². The third kappa shape index (κ3) is 12.6. The molecule has 0 aliphatic heterocycles. The summed E-state index contributed by atoms with van der Waals surface area (Å²) in [4.78, 5) is 44.5. The van der Waals surface area contributed by atoms with Gasteiger partial charge in [0.05, 0.1) is 18.8 Å². The van der Waals surface area contributed by atoms with Gasteiger partial charge in [-0.3, -0.25) is 0 Å². The molecular weight excluding hydrogens is 564 g/mol. The van der Waals surface area contributed by atoms with Crippen molar-refractivity contribution in [2.45, 2.75) is 72.3 Å². The monoisotopic (exact) mass is 603 g/mol. The Morgan fingerprint density at radius 2 is 1.00 bits per heavy atom. The van der Waals surface area contributed by atoms with Gasteiger partial charge >= 0.3 is 17.9 Å². The van der Waals surface area contributed by atoms with E-state index in [-0.39, 0.29) is 23.7 Å². The van der Waals surface area contributed by atoms with Crippen LogP contribution in [0, 0.1) is 0 Å². The number of nitrogens with zero attached hydrogens (tertiary/aromatic N) is 3. The zero-order valence-corrected chi connectivity index (χ0v) is 25.6. The van der Waals surface area contributed by atoms with Crippen molar-refractivity contribution in [2.24, 2.45) is 0 Å². The molecule has 0 saturated carbocycles. The summed E-state index contributed by atoms with van der Waals surface area (Å²) in [5.41, 5.74) is -2.40. The Bertz CT molecular complexity index is 1310. The van der Waals surface area contributed by atoms with Gasteiger partial charge in [-0.1, -0.05) is 0 Å². The van der Waals surface area contributed by atoms with E-state index in [2.05, 4.69) is 15.0 Å². The molecule has 0 bridgehead atoms. The van der Waals surface area contributed by atoms with E-state index in [4.69, 9.17) is 14.6 Å². The van der Waals surface area contributed by atoms with E-state index < -0.39 is 34.8 Å². The minimum absolute atomic E-state index is 0.136. The molecule has 0 saturated heterocycles. The van der Waals surface area contributed by atoms with Crippen LogP contribution in [0.15, 0.2) is 55.0 Å². The van der Waals surface area contributed by atoms with Crippen molar-refractivity contribution in [3.05, 3.63) is 88.8 Å². The van der Waals surface area contributed by atoms with Crippen LogP contribution in [-0.4, -0.2) is 56.3 Å². The van der Waals surface area contributed by atoms with Crippen LogP contribution in [0.5, 0.6) is 0 Å². The summed E-state index contributed by atoms with van der Waals surface area (Å²) in [6.45, 7) is 12.9. The molecule has 0 radical (unpaired) electrons. The average molecular weight is 604 g/mol. The zero-order chi connectivity index (χ0) is 33.0. The number of esters is 2. The number of carboxylic acid groups (broad SMARTS) is 1. The molecule has 0 unspecified atom stereocenters. The summed E-state index contributed by atoms with van der Waals surface area (Å²) in [6.07, 6.45) is 4.18. The Hall–Kier alpha value is -4.32. The molecule has 0 aliphatic carbocycles. The lowest BCUT2D eigenvalue weighted by Crippen LogP contribution is -2.17. The second kappa shape index (κ2) is 15.8. The Morgan fingerprint density at radius 1 is 0.674 bits per heavy atom. The van der Waals surface area contributed by atoms with Crippen LogP contribution in [0.25, 0.3) is 0 Å². The molecular formula is C31H39F2N3O7. The van der Waals surface area contributed by atoms with E-state index in [1.54, 1.807) is 39.8 Å². The second-order valence-electron chi connectivity index (χ2n) is 10.5. The number of aromatic carboxylic acids is 1. The normalized spacial score (nSPS) is 11.2. The van der Waals surface area contributed by atoms with E-state index in [1.807, 2.05) is 0 Å². The van der Waals surface area contributed by atoms with Gasteiger partial charge in [-0.05, 0) is 108 Å². The largest absolute Gasteiger partial charge is 0.477 e. The molecule has 0 atom stereocenters. The molecule has 2 N–H and O–H groups in total. The summed E-state index contributed by atoms with van der Waals surface area (Å²) in [5, 5.41) is 18.3. The molecule has 3 aromatic rings. The minimum Gasteiger partial charge on any atom is -0.477 e. The predicted molar refractivity (Wildman–Crippen MR) is 155 cm³/mol. The van der Waals surface area contributed by atoms with E-state index in [1.165, 1.54) is 70.6 Å². The van der Waals surface area contributed by atoms with Gasteiger partial charge in [0.15, 0.2) is 0 Å². The lowest BCUT2D eigenvalue weighted by Gasteiger charge is -2.17. The number of carboxylic acids is 1. The Balaban J connectivity index is 0.000000324. The fourth-order valence-corrected chi connectivity index (χ4v) is 3.16. The van der Waals surface area contributed by atoms with E-state index >= 15 is 0 Å². The smallest absolute Gasteiger partial charge is 0.356 e.